The van der Waals surface area contributed by atoms with Crippen molar-refractivity contribution in [3.8, 4) is 5.75 Å². The molecule has 3 N–H and O–H groups in total. The highest BCUT2D eigenvalue weighted by Gasteiger charge is 2.46. The molecule has 22 heavy (non-hydrogen) atoms. The van der Waals surface area contributed by atoms with Crippen LogP contribution in [-0.2, 0) is 5.54 Å². The maximum Gasteiger partial charge on any atom is 0.405 e. The first-order chi connectivity index (χ1) is 10.3. The van der Waals surface area contributed by atoms with Crippen molar-refractivity contribution in [3.05, 3.63) is 65.7 Å². The van der Waals surface area contributed by atoms with Gasteiger partial charge >= 0.3 is 6.09 Å². The molecule has 4 heteroatoms. The van der Waals surface area contributed by atoms with E-state index in [1.54, 1.807) is 18.2 Å². The summed E-state index contributed by atoms with van der Waals surface area (Å²) in [7, 11) is 0. The molecule has 1 atom stereocenters. The van der Waals surface area contributed by atoms with E-state index in [1.807, 2.05) is 57.2 Å². The van der Waals surface area contributed by atoms with Crippen LogP contribution in [0.25, 0.3) is 0 Å². The summed E-state index contributed by atoms with van der Waals surface area (Å²) >= 11 is 0. The van der Waals surface area contributed by atoms with Crippen LogP contribution in [0, 0.1) is 5.41 Å². The lowest BCUT2D eigenvalue weighted by Crippen LogP contribution is -2.54. The molecule has 116 valence electrons. The van der Waals surface area contributed by atoms with Crippen molar-refractivity contribution in [3.63, 3.8) is 0 Å². The van der Waals surface area contributed by atoms with Crippen LogP contribution in [0.4, 0.5) is 4.79 Å². The summed E-state index contributed by atoms with van der Waals surface area (Å²) in [5.41, 5.74) is 0.100. The molecular weight excluding hydrogens is 278 g/mol. The number of carbonyl (C=O) groups is 1. The van der Waals surface area contributed by atoms with Gasteiger partial charge in [-0.1, -0.05) is 63.2 Å². The number of rotatable bonds is 3. The van der Waals surface area contributed by atoms with E-state index in [0.717, 1.165) is 5.56 Å². The molecule has 0 saturated carbocycles. The molecule has 0 saturated heterocycles. The predicted molar refractivity (Wildman–Crippen MR) is 85.9 cm³/mol. The Bertz CT molecular complexity index is 662. The molecule has 1 unspecified atom stereocenters. The number of hydrogen-bond acceptors (Lipinski definition) is 2. The van der Waals surface area contributed by atoms with Gasteiger partial charge in [-0.2, -0.15) is 0 Å². The van der Waals surface area contributed by atoms with Gasteiger partial charge in [0.2, 0.25) is 0 Å². The van der Waals surface area contributed by atoms with E-state index in [0.29, 0.717) is 5.56 Å². The summed E-state index contributed by atoms with van der Waals surface area (Å²) in [6, 6.07) is 16.2. The quantitative estimate of drug-likeness (QED) is 0.803. The number of amides is 1. The van der Waals surface area contributed by atoms with E-state index in [1.165, 1.54) is 0 Å². The molecule has 1 amide bonds. The Kier molecular flexibility index (Phi) is 4.13. The average Bonchev–Trinajstić information content (AvgIpc) is 2.44. The van der Waals surface area contributed by atoms with Gasteiger partial charge in [-0.05, 0) is 28.7 Å². The average molecular weight is 299 g/mol. The zero-order chi connectivity index (χ0) is 16.4. The van der Waals surface area contributed by atoms with Crippen molar-refractivity contribution < 1.29 is 15.0 Å². The van der Waals surface area contributed by atoms with Gasteiger partial charge in [-0.3, -0.25) is 0 Å². The molecule has 0 spiro atoms. The number of phenols is 1. The largest absolute Gasteiger partial charge is 0.508 e. The van der Waals surface area contributed by atoms with Crippen LogP contribution in [-0.4, -0.2) is 16.3 Å². The summed E-state index contributed by atoms with van der Waals surface area (Å²) in [5, 5.41) is 22.0. The lowest BCUT2D eigenvalue weighted by Gasteiger charge is -2.45. The number of phenolic OH excluding ortho intramolecular Hbond substituents is 1. The van der Waals surface area contributed by atoms with Crippen molar-refractivity contribution in [2.24, 2.45) is 5.41 Å². The molecule has 4 nitrogen and oxygen atoms in total. The number of nitrogens with one attached hydrogen (secondary N) is 1. The van der Waals surface area contributed by atoms with Crippen LogP contribution in [0.3, 0.4) is 0 Å². The minimum atomic E-state index is -1.11. The normalized spacial score (nSPS) is 14.1. The van der Waals surface area contributed by atoms with Crippen molar-refractivity contribution >= 4 is 6.09 Å². The van der Waals surface area contributed by atoms with Crippen LogP contribution < -0.4 is 5.32 Å². The second-order valence-corrected chi connectivity index (χ2v) is 6.35. The van der Waals surface area contributed by atoms with Crippen LogP contribution in [0.5, 0.6) is 5.75 Å². The standard InChI is InChI=1S/C18H21NO3/c1-17(2,3)18(19-16(21)22,13-8-5-4-6-9-13)14-10-7-11-15(20)12-14/h4-12,19-20H,1-3H3,(H,21,22). The minimum absolute atomic E-state index is 0.106. The smallest absolute Gasteiger partial charge is 0.405 e. The molecule has 0 aliphatic heterocycles. The maximum absolute atomic E-state index is 11.5. The van der Waals surface area contributed by atoms with Gasteiger partial charge in [0.05, 0.1) is 5.54 Å². The third-order valence-corrected chi connectivity index (χ3v) is 3.91. The summed E-state index contributed by atoms with van der Waals surface area (Å²) in [5.74, 6) is 0.106. The third kappa shape index (κ3) is 2.77. The van der Waals surface area contributed by atoms with Crippen LogP contribution >= 0.6 is 0 Å². The first-order valence-electron chi connectivity index (χ1n) is 7.13. The molecule has 0 aliphatic carbocycles. The van der Waals surface area contributed by atoms with E-state index in [9.17, 15) is 15.0 Å². The Morgan fingerprint density at radius 1 is 0.955 bits per heavy atom. The SMILES string of the molecule is CC(C)(C)C(NC(=O)O)(c1ccccc1)c1cccc(O)c1. The highest BCUT2D eigenvalue weighted by atomic mass is 16.4. The fourth-order valence-electron chi connectivity index (χ4n) is 2.95. The molecule has 0 aromatic heterocycles. The van der Waals surface area contributed by atoms with Crippen LogP contribution in [0.1, 0.15) is 31.9 Å². The van der Waals surface area contributed by atoms with E-state index in [2.05, 4.69) is 5.32 Å². The summed E-state index contributed by atoms with van der Waals surface area (Å²) in [6.07, 6.45) is -1.11. The lowest BCUT2D eigenvalue weighted by atomic mass is 9.65. The topological polar surface area (TPSA) is 69.6 Å². The Morgan fingerprint density at radius 3 is 2.05 bits per heavy atom. The monoisotopic (exact) mass is 299 g/mol. The van der Waals surface area contributed by atoms with Crippen LogP contribution in [0.2, 0.25) is 0 Å². The van der Waals surface area contributed by atoms with Crippen LogP contribution in [0.15, 0.2) is 54.6 Å². The Hall–Kier alpha value is -2.49. The molecule has 0 radical (unpaired) electrons. The van der Waals surface area contributed by atoms with Gasteiger partial charge in [0.1, 0.15) is 5.75 Å². The second kappa shape index (κ2) is 5.72. The second-order valence-electron chi connectivity index (χ2n) is 6.35. The molecular formula is C18H21NO3. The fourth-order valence-corrected chi connectivity index (χ4v) is 2.95. The van der Waals surface area contributed by atoms with Gasteiger partial charge in [-0.15, -0.1) is 0 Å². The molecule has 0 aliphatic rings. The zero-order valence-corrected chi connectivity index (χ0v) is 13.0. The van der Waals surface area contributed by atoms with E-state index >= 15 is 0 Å². The molecule has 2 aromatic carbocycles. The zero-order valence-electron chi connectivity index (χ0n) is 13.0. The summed E-state index contributed by atoms with van der Waals surface area (Å²) in [6.45, 7) is 5.92. The molecule has 0 heterocycles. The van der Waals surface area contributed by atoms with Crippen molar-refractivity contribution in [1.29, 1.82) is 0 Å². The minimum Gasteiger partial charge on any atom is -0.508 e. The first kappa shape index (κ1) is 15.9. The number of carboxylic acid groups (broad SMARTS) is 1. The molecule has 2 aromatic rings. The number of hydrogen-bond donors (Lipinski definition) is 3. The van der Waals surface area contributed by atoms with Crippen molar-refractivity contribution in [1.82, 2.24) is 5.32 Å². The molecule has 0 bridgehead atoms. The Balaban J connectivity index is 2.79. The highest BCUT2D eigenvalue weighted by molar-refractivity contribution is 5.68. The van der Waals surface area contributed by atoms with Gasteiger partial charge in [0.15, 0.2) is 0 Å². The van der Waals surface area contributed by atoms with Crippen molar-refractivity contribution in [2.45, 2.75) is 26.3 Å². The van der Waals surface area contributed by atoms with Gasteiger partial charge < -0.3 is 15.5 Å². The van der Waals surface area contributed by atoms with Crippen molar-refractivity contribution in [2.75, 3.05) is 0 Å². The molecule has 0 fully saturated rings. The fraction of sp³-hybridized carbons (Fsp3) is 0.278. The molecule has 2 rings (SSSR count). The van der Waals surface area contributed by atoms with Gasteiger partial charge in [0, 0.05) is 0 Å². The lowest BCUT2D eigenvalue weighted by molar-refractivity contribution is 0.143. The maximum atomic E-state index is 11.5. The predicted octanol–water partition coefficient (Wildman–Crippen LogP) is 3.95. The van der Waals surface area contributed by atoms with E-state index in [-0.39, 0.29) is 5.75 Å². The summed E-state index contributed by atoms with van der Waals surface area (Å²) < 4.78 is 0. The van der Waals surface area contributed by atoms with Gasteiger partial charge in [-0.25, -0.2) is 4.79 Å². The summed E-state index contributed by atoms with van der Waals surface area (Å²) in [4.78, 5) is 11.5. The van der Waals surface area contributed by atoms with E-state index < -0.39 is 17.0 Å². The highest BCUT2D eigenvalue weighted by Crippen LogP contribution is 2.45. The number of benzene rings is 2. The Morgan fingerprint density at radius 2 is 1.55 bits per heavy atom. The first-order valence-corrected chi connectivity index (χ1v) is 7.13. The Labute approximate surface area is 130 Å². The van der Waals surface area contributed by atoms with E-state index in [4.69, 9.17) is 0 Å². The number of aromatic hydroxyl groups is 1. The van der Waals surface area contributed by atoms with Gasteiger partial charge in [0.25, 0.3) is 0 Å². The third-order valence-electron chi connectivity index (χ3n) is 3.91.